The predicted molar refractivity (Wildman–Crippen MR) is 111 cm³/mol. The number of nitrogens with zero attached hydrogens (tertiary/aromatic N) is 5. The fourth-order valence-electron chi connectivity index (χ4n) is 4.12. The van der Waals surface area contributed by atoms with Crippen molar-refractivity contribution in [2.24, 2.45) is 0 Å². The number of carbonyl (C=O) groups is 2. The van der Waals surface area contributed by atoms with Crippen molar-refractivity contribution in [1.29, 1.82) is 0 Å². The summed E-state index contributed by atoms with van der Waals surface area (Å²) >= 11 is 0. The van der Waals surface area contributed by atoms with Crippen molar-refractivity contribution in [3.63, 3.8) is 0 Å². The van der Waals surface area contributed by atoms with E-state index in [4.69, 9.17) is 4.98 Å². The molecule has 7 nitrogen and oxygen atoms in total. The van der Waals surface area contributed by atoms with Crippen LogP contribution in [0.4, 0.5) is 5.69 Å². The zero-order valence-corrected chi connectivity index (χ0v) is 17.3. The fraction of sp³-hybridized carbons (Fsp3) is 0.455. The topological polar surface area (TPSA) is 69.6 Å². The van der Waals surface area contributed by atoms with Crippen molar-refractivity contribution in [2.75, 3.05) is 32.1 Å². The third kappa shape index (κ3) is 3.81. The van der Waals surface area contributed by atoms with Crippen LogP contribution >= 0.6 is 0 Å². The smallest absolute Gasteiger partial charge is 0.254 e. The summed E-state index contributed by atoms with van der Waals surface area (Å²) in [6.07, 6.45) is 4.39. The van der Waals surface area contributed by atoms with E-state index in [2.05, 4.69) is 4.98 Å². The van der Waals surface area contributed by atoms with E-state index in [-0.39, 0.29) is 17.9 Å². The van der Waals surface area contributed by atoms with E-state index in [1.807, 2.05) is 59.3 Å². The van der Waals surface area contributed by atoms with Crippen LogP contribution in [0.15, 0.2) is 30.5 Å². The van der Waals surface area contributed by atoms with Gasteiger partial charge in [0.1, 0.15) is 0 Å². The van der Waals surface area contributed by atoms with Gasteiger partial charge in [0.25, 0.3) is 5.91 Å². The summed E-state index contributed by atoms with van der Waals surface area (Å²) in [4.78, 5) is 40.0. The molecule has 152 valence electrons. The Kier molecular flexibility index (Phi) is 5.22. The van der Waals surface area contributed by atoms with Crippen LogP contribution in [0, 0.1) is 0 Å². The largest absolute Gasteiger partial charge is 0.378 e. The molecule has 0 bridgehead atoms. The summed E-state index contributed by atoms with van der Waals surface area (Å²) in [5.41, 5.74) is 3.70. The number of carbonyl (C=O) groups excluding carboxylic acids is 2. The number of rotatable bonds is 3. The molecule has 0 aliphatic carbocycles. The number of fused-ring (bicyclic) bond motifs is 1. The van der Waals surface area contributed by atoms with Gasteiger partial charge in [-0.2, -0.15) is 0 Å². The molecule has 0 radical (unpaired) electrons. The van der Waals surface area contributed by atoms with Crippen molar-refractivity contribution in [2.45, 2.75) is 38.8 Å². The zero-order chi connectivity index (χ0) is 20.5. The van der Waals surface area contributed by atoms with Crippen LogP contribution in [-0.2, 0) is 17.8 Å². The third-order valence-corrected chi connectivity index (χ3v) is 5.82. The first-order valence-electron chi connectivity index (χ1n) is 10.1. The average Bonchev–Trinajstić information content (AvgIpc) is 3.22. The van der Waals surface area contributed by atoms with Crippen LogP contribution in [-0.4, -0.2) is 58.8 Å². The molecule has 0 spiro atoms. The maximum absolute atomic E-state index is 13.2. The minimum atomic E-state index is -0.0957. The molecular formula is C22H27N5O2. The highest BCUT2D eigenvalue weighted by molar-refractivity contribution is 5.95. The van der Waals surface area contributed by atoms with Gasteiger partial charge in [0.05, 0.1) is 11.7 Å². The third-order valence-electron chi connectivity index (χ3n) is 5.82. The molecule has 2 amide bonds. The Labute approximate surface area is 171 Å². The summed E-state index contributed by atoms with van der Waals surface area (Å²) in [5.74, 6) is 0.821. The monoisotopic (exact) mass is 393 g/mol. The first-order chi connectivity index (χ1) is 13.9. The van der Waals surface area contributed by atoms with E-state index in [0.717, 1.165) is 42.0 Å². The summed E-state index contributed by atoms with van der Waals surface area (Å²) in [6.45, 7) is 3.56. The normalized spacial score (nSPS) is 18.5. The van der Waals surface area contributed by atoms with E-state index < -0.39 is 0 Å². The second-order valence-electron chi connectivity index (χ2n) is 7.99. The number of hydrogen-bond acceptors (Lipinski definition) is 5. The number of anilines is 1. The van der Waals surface area contributed by atoms with Gasteiger partial charge in [-0.15, -0.1) is 0 Å². The number of hydrogen-bond donors (Lipinski definition) is 0. The van der Waals surface area contributed by atoms with Crippen LogP contribution in [0.25, 0.3) is 0 Å². The molecule has 0 unspecified atom stereocenters. The van der Waals surface area contributed by atoms with Crippen LogP contribution in [0.1, 0.15) is 53.2 Å². The van der Waals surface area contributed by atoms with Crippen molar-refractivity contribution in [3.05, 3.63) is 53.1 Å². The number of likely N-dealkylation sites (tertiary alicyclic amines) is 1. The Morgan fingerprint density at radius 3 is 2.79 bits per heavy atom. The van der Waals surface area contributed by atoms with Crippen LogP contribution < -0.4 is 4.90 Å². The quantitative estimate of drug-likeness (QED) is 0.801. The molecule has 2 aromatic rings. The van der Waals surface area contributed by atoms with Gasteiger partial charge in [-0.3, -0.25) is 9.59 Å². The zero-order valence-electron chi connectivity index (χ0n) is 17.3. The SMILES string of the molecule is CC(=O)N1CCc2nc([C@@H]3CCCN3C(=O)c3cccc(N(C)C)c3)ncc2C1. The average molecular weight is 393 g/mol. The molecule has 4 rings (SSSR count). The molecular weight excluding hydrogens is 366 g/mol. The molecule has 1 aromatic heterocycles. The van der Waals surface area contributed by atoms with Gasteiger partial charge in [-0.1, -0.05) is 6.07 Å². The first-order valence-corrected chi connectivity index (χ1v) is 10.1. The Balaban J connectivity index is 1.57. The maximum atomic E-state index is 13.2. The minimum Gasteiger partial charge on any atom is -0.378 e. The standard InChI is InChI=1S/C22H27N5O2/c1-15(28)26-11-9-19-17(14-26)13-23-21(24-19)20-8-5-10-27(20)22(29)16-6-4-7-18(12-16)25(2)3/h4,6-7,12-13,20H,5,8-11,14H2,1-3H3/t20-/m0/s1. The maximum Gasteiger partial charge on any atom is 0.254 e. The Bertz CT molecular complexity index is 943. The van der Waals surface area contributed by atoms with E-state index in [9.17, 15) is 9.59 Å². The fourth-order valence-corrected chi connectivity index (χ4v) is 4.12. The van der Waals surface area contributed by atoms with Gasteiger partial charge in [0.15, 0.2) is 5.82 Å². The Morgan fingerprint density at radius 1 is 1.21 bits per heavy atom. The first kappa shape index (κ1) is 19.4. The van der Waals surface area contributed by atoms with Crippen LogP contribution in [0.5, 0.6) is 0 Å². The van der Waals surface area contributed by atoms with Gasteiger partial charge >= 0.3 is 0 Å². The molecule has 1 atom stereocenters. The van der Waals surface area contributed by atoms with Crippen molar-refractivity contribution in [1.82, 2.24) is 19.8 Å². The van der Waals surface area contributed by atoms with Crippen molar-refractivity contribution >= 4 is 17.5 Å². The summed E-state index contributed by atoms with van der Waals surface area (Å²) in [5, 5.41) is 0. The number of benzene rings is 1. The molecule has 0 N–H and O–H groups in total. The molecule has 1 saturated heterocycles. The van der Waals surface area contributed by atoms with E-state index in [1.54, 1.807) is 6.92 Å². The lowest BCUT2D eigenvalue weighted by atomic mass is 10.1. The molecule has 0 saturated carbocycles. The number of aromatic nitrogens is 2. The Hall–Kier alpha value is -2.96. The van der Waals surface area contributed by atoms with Gasteiger partial charge in [-0.05, 0) is 31.0 Å². The molecule has 7 heteroatoms. The highest BCUT2D eigenvalue weighted by Crippen LogP contribution is 2.32. The van der Waals surface area contributed by atoms with Gasteiger partial charge in [0.2, 0.25) is 5.91 Å². The highest BCUT2D eigenvalue weighted by atomic mass is 16.2. The second kappa shape index (κ2) is 7.81. The van der Waals surface area contributed by atoms with Crippen LogP contribution in [0.2, 0.25) is 0 Å². The minimum absolute atomic E-state index is 0.0280. The second-order valence-corrected chi connectivity index (χ2v) is 7.99. The number of amides is 2. The van der Waals surface area contributed by atoms with Crippen molar-refractivity contribution in [3.8, 4) is 0 Å². The molecule has 2 aliphatic heterocycles. The molecule has 2 aliphatic rings. The molecule has 3 heterocycles. The van der Waals surface area contributed by atoms with E-state index in [1.165, 1.54) is 0 Å². The lowest BCUT2D eigenvalue weighted by Gasteiger charge is -2.29. The van der Waals surface area contributed by atoms with Crippen LogP contribution in [0.3, 0.4) is 0 Å². The predicted octanol–water partition coefficient (Wildman–Crippen LogP) is 2.42. The molecule has 1 aromatic carbocycles. The van der Waals surface area contributed by atoms with E-state index in [0.29, 0.717) is 25.2 Å². The molecule has 29 heavy (non-hydrogen) atoms. The van der Waals surface area contributed by atoms with Gasteiger partial charge < -0.3 is 14.7 Å². The van der Waals surface area contributed by atoms with E-state index >= 15 is 0 Å². The Morgan fingerprint density at radius 2 is 2.03 bits per heavy atom. The highest BCUT2D eigenvalue weighted by Gasteiger charge is 2.33. The lowest BCUT2D eigenvalue weighted by Crippen LogP contribution is -2.36. The summed E-state index contributed by atoms with van der Waals surface area (Å²) in [7, 11) is 3.94. The summed E-state index contributed by atoms with van der Waals surface area (Å²) < 4.78 is 0. The molecule has 1 fully saturated rings. The lowest BCUT2D eigenvalue weighted by molar-refractivity contribution is -0.129. The van der Waals surface area contributed by atoms with Crippen molar-refractivity contribution < 1.29 is 9.59 Å². The summed E-state index contributed by atoms with van der Waals surface area (Å²) in [6, 6.07) is 7.62. The van der Waals surface area contributed by atoms with Gasteiger partial charge in [0, 0.05) is 70.1 Å². The van der Waals surface area contributed by atoms with Gasteiger partial charge in [-0.25, -0.2) is 9.97 Å².